The summed E-state index contributed by atoms with van der Waals surface area (Å²) in [5, 5.41) is 9.38. The molecule has 0 aromatic rings. The molecule has 0 aromatic carbocycles. The minimum Gasteiger partial charge on any atom is -0.396 e. The summed E-state index contributed by atoms with van der Waals surface area (Å²) >= 11 is 0. The summed E-state index contributed by atoms with van der Waals surface area (Å²) in [5.74, 6) is 1.20. The van der Waals surface area contributed by atoms with E-state index in [-0.39, 0.29) is 36.2 Å². The van der Waals surface area contributed by atoms with Gasteiger partial charge in [0.15, 0.2) is 0 Å². The highest BCUT2D eigenvalue weighted by Crippen LogP contribution is 2.45. The maximum atomic E-state index is 12.5. The van der Waals surface area contributed by atoms with Gasteiger partial charge in [-0.3, -0.25) is 14.5 Å². The van der Waals surface area contributed by atoms with Crippen LogP contribution in [0.5, 0.6) is 0 Å². The zero-order valence-electron chi connectivity index (χ0n) is 12.3. The van der Waals surface area contributed by atoms with E-state index in [4.69, 9.17) is 0 Å². The average Bonchev–Trinajstić information content (AvgIpc) is 3.13. The van der Waals surface area contributed by atoms with Gasteiger partial charge in [0.05, 0.1) is 11.8 Å². The van der Waals surface area contributed by atoms with Gasteiger partial charge in [-0.1, -0.05) is 19.8 Å². The maximum Gasteiger partial charge on any atom is 0.233 e. The standard InChI is InChI=1S/C16H25NO3/c1-2-10-6-13-14(7-10)16(20)17(15(13)19)8-11-4-3-5-12(11)9-18/h10-14,18H,2-9H2,1H3. The van der Waals surface area contributed by atoms with E-state index in [1.54, 1.807) is 0 Å². The predicted molar refractivity (Wildman–Crippen MR) is 74.6 cm³/mol. The van der Waals surface area contributed by atoms with E-state index in [2.05, 4.69) is 6.92 Å². The number of carbonyl (C=O) groups excluding carboxylic acids is 2. The van der Waals surface area contributed by atoms with Crippen LogP contribution in [0.4, 0.5) is 0 Å². The fraction of sp³-hybridized carbons (Fsp3) is 0.875. The number of imide groups is 1. The van der Waals surface area contributed by atoms with Gasteiger partial charge in [-0.15, -0.1) is 0 Å². The lowest BCUT2D eigenvalue weighted by molar-refractivity contribution is -0.141. The zero-order valence-corrected chi connectivity index (χ0v) is 12.3. The number of carbonyl (C=O) groups is 2. The highest BCUT2D eigenvalue weighted by Gasteiger charge is 2.52. The van der Waals surface area contributed by atoms with Crippen molar-refractivity contribution in [3.8, 4) is 0 Å². The molecule has 0 radical (unpaired) electrons. The van der Waals surface area contributed by atoms with Crippen molar-refractivity contribution < 1.29 is 14.7 Å². The Morgan fingerprint density at radius 3 is 2.25 bits per heavy atom. The molecular formula is C16H25NO3. The van der Waals surface area contributed by atoms with Crippen LogP contribution >= 0.6 is 0 Å². The van der Waals surface area contributed by atoms with Gasteiger partial charge in [-0.05, 0) is 43.4 Å². The molecule has 3 aliphatic rings. The van der Waals surface area contributed by atoms with Crippen molar-refractivity contribution in [3.63, 3.8) is 0 Å². The van der Waals surface area contributed by atoms with Gasteiger partial charge in [0, 0.05) is 13.2 Å². The lowest BCUT2D eigenvalue weighted by Gasteiger charge is -2.24. The monoisotopic (exact) mass is 279 g/mol. The number of likely N-dealkylation sites (tertiary alicyclic amines) is 1. The molecule has 2 aliphatic carbocycles. The second-order valence-corrected chi connectivity index (χ2v) is 6.88. The number of nitrogens with zero attached hydrogens (tertiary/aromatic N) is 1. The van der Waals surface area contributed by atoms with Crippen LogP contribution in [0.3, 0.4) is 0 Å². The topological polar surface area (TPSA) is 57.6 Å². The summed E-state index contributed by atoms with van der Waals surface area (Å²) in [4.78, 5) is 26.5. The van der Waals surface area contributed by atoms with Crippen LogP contribution in [-0.4, -0.2) is 35.0 Å². The fourth-order valence-corrected chi connectivity index (χ4v) is 4.54. The van der Waals surface area contributed by atoms with Crippen LogP contribution in [-0.2, 0) is 9.59 Å². The van der Waals surface area contributed by atoms with Crippen molar-refractivity contribution in [1.82, 2.24) is 4.90 Å². The number of aliphatic hydroxyl groups is 1. The fourth-order valence-electron chi connectivity index (χ4n) is 4.54. The number of rotatable bonds is 4. The van der Waals surface area contributed by atoms with Gasteiger partial charge in [-0.2, -0.15) is 0 Å². The molecule has 0 aromatic heterocycles. The van der Waals surface area contributed by atoms with E-state index < -0.39 is 0 Å². The molecule has 4 nitrogen and oxygen atoms in total. The lowest BCUT2D eigenvalue weighted by atomic mass is 9.96. The number of aliphatic hydroxyl groups excluding tert-OH is 1. The van der Waals surface area contributed by atoms with Crippen molar-refractivity contribution in [2.75, 3.05) is 13.2 Å². The van der Waals surface area contributed by atoms with Crippen LogP contribution < -0.4 is 0 Å². The van der Waals surface area contributed by atoms with E-state index >= 15 is 0 Å². The third-order valence-electron chi connectivity index (χ3n) is 5.87. The molecule has 0 bridgehead atoms. The second kappa shape index (κ2) is 5.47. The van der Waals surface area contributed by atoms with Crippen molar-refractivity contribution in [3.05, 3.63) is 0 Å². The van der Waals surface area contributed by atoms with Crippen LogP contribution in [0.2, 0.25) is 0 Å². The Hall–Kier alpha value is -0.900. The molecule has 112 valence electrons. The summed E-state index contributed by atoms with van der Waals surface area (Å²) in [7, 11) is 0. The summed E-state index contributed by atoms with van der Waals surface area (Å²) in [5.41, 5.74) is 0. The van der Waals surface area contributed by atoms with E-state index in [0.29, 0.717) is 18.4 Å². The SMILES string of the molecule is CCC1CC2C(=O)N(CC3CCCC3CO)C(=O)C2C1. The number of hydrogen-bond donors (Lipinski definition) is 1. The number of amides is 2. The summed E-state index contributed by atoms with van der Waals surface area (Å²) < 4.78 is 0. The van der Waals surface area contributed by atoms with Gasteiger partial charge in [-0.25, -0.2) is 0 Å². The Bertz CT molecular complexity index is 385. The normalized spacial score (nSPS) is 40.7. The first-order valence-electron chi connectivity index (χ1n) is 8.11. The molecule has 4 atom stereocenters. The van der Waals surface area contributed by atoms with E-state index in [1.165, 1.54) is 4.90 Å². The van der Waals surface area contributed by atoms with Gasteiger partial charge in [0.2, 0.25) is 11.8 Å². The van der Waals surface area contributed by atoms with Crippen LogP contribution in [0, 0.1) is 29.6 Å². The van der Waals surface area contributed by atoms with Crippen molar-refractivity contribution in [2.45, 2.75) is 45.4 Å². The molecule has 1 N–H and O–H groups in total. The van der Waals surface area contributed by atoms with Crippen molar-refractivity contribution in [2.24, 2.45) is 29.6 Å². The molecule has 20 heavy (non-hydrogen) atoms. The minimum absolute atomic E-state index is 0.0403. The molecule has 1 heterocycles. The lowest BCUT2D eigenvalue weighted by Crippen LogP contribution is -2.38. The zero-order chi connectivity index (χ0) is 14.3. The van der Waals surface area contributed by atoms with Crippen LogP contribution in [0.1, 0.15) is 45.4 Å². The van der Waals surface area contributed by atoms with E-state index in [0.717, 1.165) is 38.5 Å². The van der Waals surface area contributed by atoms with Crippen LogP contribution in [0.15, 0.2) is 0 Å². The maximum absolute atomic E-state index is 12.5. The third kappa shape index (κ3) is 2.18. The largest absolute Gasteiger partial charge is 0.396 e. The third-order valence-corrected chi connectivity index (χ3v) is 5.87. The summed E-state index contributed by atoms with van der Waals surface area (Å²) in [6.07, 6.45) is 6.05. The quantitative estimate of drug-likeness (QED) is 0.799. The molecule has 3 fully saturated rings. The Kier molecular flexibility index (Phi) is 3.85. The Morgan fingerprint density at radius 1 is 1.10 bits per heavy atom. The average molecular weight is 279 g/mol. The summed E-state index contributed by atoms with van der Waals surface area (Å²) in [6.45, 7) is 2.88. The highest BCUT2D eigenvalue weighted by molar-refractivity contribution is 6.05. The molecule has 4 unspecified atom stereocenters. The van der Waals surface area contributed by atoms with Gasteiger partial charge < -0.3 is 5.11 Å². The first-order valence-corrected chi connectivity index (χ1v) is 8.11. The summed E-state index contributed by atoms with van der Waals surface area (Å²) in [6, 6.07) is 0. The van der Waals surface area contributed by atoms with Crippen molar-refractivity contribution in [1.29, 1.82) is 0 Å². The first kappa shape index (κ1) is 14.1. The van der Waals surface area contributed by atoms with Gasteiger partial charge in [0.1, 0.15) is 0 Å². The van der Waals surface area contributed by atoms with E-state index in [9.17, 15) is 14.7 Å². The van der Waals surface area contributed by atoms with Gasteiger partial charge in [0.25, 0.3) is 0 Å². The Balaban J connectivity index is 1.67. The molecule has 1 saturated heterocycles. The van der Waals surface area contributed by atoms with E-state index in [1.807, 2.05) is 0 Å². The molecule has 0 spiro atoms. The van der Waals surface area contributed by atoms with Gasteiger partial charge >= 0.3 is 0 Å². The smallest absolute Gasteiger partial charge is 0.233 e. The van der Waals surface area contributed by atoms with Crippen LogP contribution in [0.25, 0.3) is 0 Å². The highest BCUT2D eigenvalue weighted by atomic mass is 16.3. The molecular weight excluding hydrogens is 254 g/mol. The minimum atomic E-state index is -0.0403. The number of hydrogen-bond acceptors (Lipinski definition) is 3. The Morgan fingerprint density at radius 2 is 1.70 bits per heavy atom. The molecule has 2 saturated carbocycles. The first-order chi connectivity index (χ1) is 9.65. The van der Waals surface area contributed by atoms with Crippen molar-refractivity contribution >= 4 is 11.8 Å². The molecule has 2 amide bonds. The Labute approximate surface area is 120 Å². The predicted octanol–water partition coefficient (Wildman–Crippen LogP) is 1.82. The molecule has 1 aliphatic heterocycles. The molecule has 4 heteroatoms. The molecule has 3 rings (SSSR count). The number of fused-ring (bicyclic) bond motifs is 1. The second-order valence-electron chi connectivity index (χ2n) is 6.88.